The van der Waals surface area contributed by atoms with Gasteiger partial charge >= 0.3 is 0 Å². The van der Waals surface area contributed by atoms with Crippen molar-refractivity contribution in [2.24, 2.45) is 0 Å². The molecule has 0 spiro atoms. The summed E-state index contributed by atoms with van der Waals surface area (Å²) in [4.78, 5) is 0. The Balaban J connectivity index is 0. The number of benzene rings is 1. The van der Waals surface area contributed by atoms with E-state index < -0.39 is 0 Å². The molecule has 0 aliphatic carbocycles. The Morgan fingerprint density at radius 2 is 1.67 bits per heavy atom. The second kappa shape index (κ2) is 12.9. The first-order valence-electron chi connectivity index (χ1n) is 4.92. The molecule has 3 nitrogen and oxygen atoms in total. The molecule has 3 heteroatoms. The molecule has 0 bridgehead atoms. The van der Waals surface area contributed by atoms with E-state index in [2.05, 4.69) is 4.74 Å². The molecular weight excluding hydrogens is 192 g/mol. The second-order valence-electron chi connectivity index (χ2n) is 2.42. The summed E-state index contributed by atoms with van der Waals surface area (Å²) >= 11 is 0. The molecule has 1 rings (SSSR count). The van der Waals surface area contributed by atoms with Crippen molar-refractivity contribution < 1.29 is 14.6 Å². The highest BCUT2D eigenvalue weighted by atomic mass is 16.5. The van der Waals surface area contributed by atoms with Crippen molar-refractivity contribution in [1.82, 2.24) is 0 Å². The molecule has 0 saturated heterocycles. The molecule has 0 aliphatic heterocycles. The fourth-order valence-electron chi connectivity index (χ4n) is 0.771. The number of aliphatic hydroxyl groups excluding tert-OH is 1. The second-order valence-corrected chi connectivity index (χ2v) is 2.42. The molecular formula is C12H22O3. The van der Waals surface area contributed by atoms with Gasteiger partial charge in [0.2, 0.25) is 0 Å². The van der Waals surface area contributed by atoms with Crippen molar-refractivity contribution in [1.29, 1.82) is 0 Å². The number of aliphatic hydroxyl groups is 1. The lowest BCUT2D eigenvalue weighted by molar-refractivity contribution is 0.277. The number of hydrogen-bond acceptors (Lipinski definition) is 3. The van der Waals surface area contributed by atoms with Crippen LogP contribution in [0.3, 0.4) is 0 Å². The predicted molar refractivity (Wildman–Crippen MR) is 63.2 cm³/mol. The third kappa shape index (κ3) is 9.25. The number of methoxy groups -OCH3 is 2. The molecule has 0 heterocycles. The van der Waals surface area contributed by atoms with E-state index in [9.17, 15) is 0 Å². The van der Waals surface area contributed by atoms with Gasteiger partial charge in [-0.25, -0.2) is 0 Å². The molecule has 1 N–H and O–H groups in total. The van der Waals surface area contributed by atoms with Gasteiger partial charge in [-0.05, 0) is 17.7 Å². The standard InChI is InChI=1S/C8H10O2.C2H6O.C2H6/c1-10-8-4-2-3-7(5-8)6-9;1-3-2;1-2/h2-5,9H,6H2,1H3;1-2H3;1-2H3. The average molecular weight is 214 g/mol. The van der Waals surface area contributed by atoms with Crippen LogP contribution in [-0.2, 0) is 11.3 Å². The van der Waals surface area contributed by atoms with Crippen LogP contribution in [0.5, 0.6) is 5.75 Å². The fraction of sp³-hybridized carbons (Fsp3) is 0.500. The van der Waals surface area contributed by atoms with E-state index >= 15 is 0 Å². The number of rotatable bonds is 2. The maximum Gasteiger partial charge on any atom is 0.119 e. The van der Waals surface area contributed by atoms with Crippen LogP contribution in [0.25, 0.3) is 0 Å². The van der Waals surface area contributed by atoms with Crippen molar-refractivity contribution in [2.75, 3.05) is 21.3 Å². The van der Waals surface area contributed by atoms with Gasteiger partial charge in [-0.3, -0.25) is 0 Å². The van der Waals surface area contributed by atoms with Crippen molar-refractivity contribution in [3.05, 3.63) is 29.8 Å². The smallest absolute Gasteiger partial charge is 0.119 e. The van der Waals surface area contributed by atoms with Gasteiger partial charge in [0.25, 0.3) is 0 Å². The zero-order valence-corrected chi connectivity index (χ0v) is 10.3. The summed E-state index contributed by atoms with van der Waals surface area (Å²) in [5, 5.41) is 8.70. The Hall–Kier alpha value is -1.06. The maximum atomic E-state index is 8.70. The third-order valence-electron chi connectivity index (χ3n) is 1.32. The molecule has 0 atom stereocenters. The quantitative estimate of drug-likeness (QED) is 0.822. The van der Waals surface area contributed by atoms with E-state index in [1.54, 1.807) is 27.4 Å². The van der Waals surface area contributed by atoms with Gasteiger partial charge in [0, 0.05) is 14.2 Å². The van der Waals surface area contributed by atoms with Crippen molar-refractivity contribution in [3.63, 3.8) is 0 Å². The molecule has 0 aliphatic rings. The molecule has 0 saturated carbocycles. The van der Waals surface area contributed by atoms with E-state index in [0.29, 0.717) is 0 Å². The molecule has 15 heavy (non-hydrogen) atoms. The monoisotopic (exact) mass is 214 g/mol. The fourth-order valence-corrected chi connectivity index (χ4v) is 0.771. The van der Waals surface area contributed by atoms with Gasteiger partial charge in [0.1, 0.15) is 5.75 Å². The summed E-state index contributed by atoms with van der Waals surface area (Å²) < 4.78 is 9.20. The molecule has 1 aromatic rings. The normalized spacial score (nSPS) is 7.87. The highest BCUT2D eigenvalue weighted by molar-refractivity contribution is 5.27. The Kier molecular flexibility index (Phi) is 14.1. The van der Waals surface area contributed by atoms with Crippen LogP contribution < -0.4 is 4.74 Å². The van der Waals surface area contributed by atoms with E-state index in [-0.39, 0.29) is 6.61 Å². The molecule has 0 fully saturated rings. The highest BCUT2D eigenvalue weighted by Gasteiger charge is 1.91. The molecule has 1 aromatic carbocycles. The summed E-state index contributed by atoms with van der Waals surface area (Å²) in [6, 6.07) is 7.35. The van der Waals surface area contributed by atoms with Crippen LogP contribution >= 0.6 is 0 Å². The SMILES string of the molecule is CC.COC.COc1cccc(CO)c1. The van der Waals surface area contributed by atoms with Crippen molar-refractivity contribution in [3.8, 4) is 5.75 Å². The minimum absolute atomic E-state index is 0.0667. The van der Waals surface area contributed by atoms with Crippen molar-refractivity contribution >= 4 is 0 Å². The largest absolute Gasteiger partial charge is 0.497 e. The Morgan fingerprint density at radius 1 is 1.13 bits per heavy atom. The zero-order valence-electron chi connectivity index (χ0n) is 10.3. The summed E-state index contributed by atoms with van der Waals surface area (Å²) in [6.07, 6.45) is 0. The highest BCUT2D eigenvalue weighted by Crippen LogP contribution is 2.11. The van der Waals surface area contributed by atoms with Crippen LogP contribution in [0.2, 0.25) is 0 Å². The lowest BCUT2D eigenvalue weighted by Gasteiger charge is -1.99. The van der Waals surface area contributed by atoms with Crippen LogP contribution in [-0.4, -0.2) is 26.4 Å². The third-order valence-corrected chi connectivity index (χ3v) is 1.32. The Morgan fingerprint density at radius 3 is 2.07 bits per heavy atom. The lowest BCUT2D eigenvalue weighted by atomic mass is 10.2. The van der Waals surface area contributed by atoms with Gasteiger partial charge in [0.15, 0.2) is 0 Å². The van der Waals surface area contributed by atoms with Crippen LogP contribution in [0.1, 0.15) is 19.4 Å². The Labute approximate surface area is 92.7 Å². The first-order chi connectivity index (χ1) is 7.28. The molecule has 0 radical (unpaired) electrons. The first-order valence-corrected chi connectivity index (χ1v) is 4.92. The molecule has 0 amide bonds. The topological polar surface area (TPSA) is 38.7 Å². The summed E-state index contributed by atoms with van der Waals surface area (Å²) in [5.74, 6) is 0.784. The predicted octanol–water partition coefficient (Wildman–Crippen LogP) is 2.48. The number of hydrogen-bond donors (Lipinski definition) is 1. The summed E-state index contributed by atoms with van der Waals surface area (Å²) in [7, 11) is 4.86. The molecule has 88 valence electrons. The van der Waals surface area contributed by atoms with E-state index in [1.807, 2.05) is 32.0 Å². The van der Waals surface area contributed by atoms with Crippen molar-refractivity contribution in [2.45, 2.75) is 20.5 Å². The average Bonchev–Trinajstić information content (AvgIpc) is 2.33. The molecule has 0 aromatic heterocycles. The maximum absolute atomic E-state index is 8.70. The van der Waals surface area contributed by atoms with Gasteiger partial charge in [-0.2, -0.15) is 0 Å². The van der Waals surface area contributed by atoms with Gasteiger partial charge in [-0.15, -0.1) is 0 Å². The summed E-state index contributed by atoms with van der Waals surface area (Å²) in [6.45, 7) is 4.07. The van der Waals surface area contributed by atoms with Gasteiger partial charge in [-0.1, -0.05) is 26.0 Å². The van der Waals surface area contributed by atoms with E-state index in [1.165, 1.54) is 0 Å². The van der Waals surface area contributed by atoms with Crippen LogP contribution in [0.15, 0.2) is 24.3 Å². The first kappa shape index (κ1) is 16.4. The lowest BCUT2D eigenvalue weighted by Crippen LogP contribution is -1.85. The summed E-state index contributed by atoms with van der Waals surface area (Å²) in [5.41, 5.74) is 0.874. The van der Waals surface area contributed by atoms with Crippen LogP contribution in [0, 0.1) is 0 Å². The Bertz CT molecular complexity index is 205. The minimum Gasteiger partial charge on any atom is -0.497 e. The number of ether oxygens (including phenoxy) is 2. The van der Waals surface area contributed by atoms with Gasteiger partial charge < -0.3 is 14.6 Å². The van der Waals surface area contributed by atoms with E-state index in [4.69, 9.17) is 9.84 Å². The van der Waals surface area contributed by atoms with Crippen LogP contribution in [0.4, 0.5) is 0 Å². The molecule has 0 unspecified atom stereocenters. The van der Waals surface area contributed by atoms with Gasteiger partial charge in [0.05, 0.1) is 13.7 Å². The zero-order chi connectivity index (χ0) is 12.1. The van der Waals surface area contributed by atoms with E-state index in [0.717, 1.165) is 11.3 Å². The minimum atomic E-state index is 0.0667.